The summed E-state index contributed by atoms with van der Waals surface area (Å²) in [5, 5.41) is 107. The first-order valence-corrected chi connectivity index (χ1v) is 24.0. The molecule has 33 heteroatoms. The summed E-state index contributed by atoms with van der Waals surface area (Å²) in [5.74, 6) is -5.77. The molecular formula is C46H60F6N8O19. The number of hydrogen-bond donors (Lipinski definition) is 10. The van der Waals surface area contributed by atoms with Gasteiger partial charge in [-0.2, -0.15) is 26.3 Å². The number of pyridine rings is 2. The average Bonchev–Trinajstić information content (AvgIpc) is 3.95. The molecular weight excluding hydrogens is 1080 g/mol. The molecule has 2 aromatic heterocycles. The lowest BCUT2D eigenvalue weighted by Crippen LogP contribution is -2.64. The van der Waals surface area contributed by atoms with Crippen LogP contribution in [0.15, 0.2) is 43.8 Å². The van der Waals surface area contributed by atoms with Crippen molar-refractivity contribution in [2.24, 2.45) is 4.99 Å². The van der Waals surface area contributed by atoms with Crippen LogP contribution in [-0.2, 0) is 54.8 Å². The molecule has 4 aliphatic rings. The third kappa shape index (κ3) is 15.2. The number of aliphatic carboxylic acids is 2. The molecule has 1 aromatic carbocycles. The van der Waals surface area contributed by atoms with E-state index in [1.807, 2.05) is 38.0 Å². The van der Waals surface area contributed by atoms with Crippen LogP contribution in [0.5, 0.6) is 5.88 Å². The molecule has 3 aliphatic heterocycles. The largest absolute Gasteiger partial charge is 0.494 e. The van der Waals surface area contributed by atoms with Gasteiger partial charge in [0.2, 0.25) is 5.88 Å². The number of nitrogens with zero attached hydrogens (tertiary/aromatic N) is 8. The van der Waals surface area contributed by atoms with Crippen LogP contribution in [0.25, 0.3) is 32.7 Å². The number of carboxylic acids is 2. The number of benzene rings is 2. The molecule has 0 amide bonds. The summed E-state index contributed by atoms with van der Waals surface area (Å²) in [7, 11) is 7.63. The highest BCUT2D eigenvalue weighted by Crippen LogP contribution is 2.37. The predicted octanol–water partition coefficient (Wildman–Crippen LogP) is -2.74. The van der Waals surface area contributed by atoms with E-state index in [0.29, 0.717) is 60.8 Å². The first-order chi connectivity index (χ1) is 36.9. The summed E-state index contributed by atoms with van der Waals surface area (Å²) in [4.78, 5) is 68.7. The normalized spacial score (nSPS) is 24.1. The van der Waals surface area contributed by atoms with Gasteiger partial charge in [-0.1, -0.05) is 5.21 Å². The van der Waals surface area contributed by atoms with Crippen LogP contribution in [-0.4, -0.2) is 232 Å². The number of aliphatic hydroxyl groups is 7. The topological polar surface area (TPSA) is 384 Å². The van der Waals surface area contributed by atoms with E-state index in [2.05, 4.69) is 10.3 Å². The molecule has 3 aromatic rings. The van der Waals surface area contributed by atoms with Crippen molar-refractivity contribution in [2.45, 2.75) is 119 Å². The van der Waals surface area contributed by atoms with E-state index in [1.165, 1.54) is 13.8 Å². The fourth-order valence-electron chi connectivity index (χ4n) is 8.50. The van der Waals surface area contributed by atoms with Crippen molar-refractivity contribution >= 4 is 33.5 Å². The van der Waals surface area contributed by atoms with Crippen molar-refractivity contribution in [3.63, 3.8) is 0 Å². The highest BCUT2D eigenvalue weighted by molar-refractivity contribution is 6.15. The Bertz CT molecular complexity index is 3020. The molecule has 0 spiro atoms. The Morgan fingerprint density at radius 3 is 1.82 bits per heavy atom. The molecule has 2 saturated heterocycles. The summed E-state index contributed by atoms with van der Waals surface area (Å²) in [5.41, 5.74) is -0.402. The van der Waals surface area contributed by atoms with Gasteiger partial charge >= 0.3 is 24.3 Å². The maximum absolute atomic E-state index is 14.3. The highest BCUT2D eigenvalue weighted by atomic mass is 19.4. The number of ether oxygens (including phenoxy) is 4. The zero-order valence-corrected chi connectivity index (χ0v) is 42.6. The van der Waals surface area contributed by atoms with Crippen molar-refractivity contribution in [2.75, 3.05) is 61.0 Å². The number of halogens is 6. The minimum atomic E-state index is -5.08. The van der Waals surface area contributed by atoms with E-state index in [-0.39, 0.29) is 53.9 Å². The maximum Gasteiger partial charge on any atom is 0.490 e. The number of carboxylic acid groups (broad SMARTS) is 2. The quantitative estimate of drug-likeness (QED) is 0.0228. The average molecular weight is 1140 g/mol. The van der Waals surface area contributed by atoms with Crippen LogP contribution in [0.1, 0.15) is 25.0 Å². The van der Waals surface area contributed by atoms with E-state index in [1.54, 1.807) is 24.4 Å². The Balaban J connectivity index is 0.000000725. The highest BCUT2D eigenvalue weighted by Gasteiger charge is 2.51. The molecule has 0 radical (unpaired) electrons. The summed E-state index contributed by atoms with van der Waals surface area (Å²) in [6, 6.07) is 4.77. The smallest absolute Gasteiger partial charge is 0.490 e. The van der Waals surface area contributed by atoms with Crippen LogP contribution in [0.4, 0.5) is 26.3 Å². The fourth-order valence-corrected chi connectivity index (χ4v) is 8.50. The third-order valence-corrected chi connectivity index (χ3v) is 12.4. The molecule has 0 unspecified atom stereocenters. The minimum Gasteiger partial charge on any atom is -0.494 e. The predicted molar refractivity (Wildman–Crippen MR) is 257 cm³/mol. The van der Waals surface area contributed by atoms with Crippen LogP contribution < -0.4 is 22.0 Å². The minimum absolute atomic E-state index is 0.189. The molecule has 440 valence electrons. The Morgan fingerprint density at radius 1 is 0.722 bits per heavy atom. The van der Waals surface area contributed by atoms with Crippen LogP contribution >= 0.6 is 0 Å². The second-order valence-corrected chi connectivity index (χ2v) is 18.7. The SMILES string of the molecule is CN(C)CCCn1c(O)c2ccc3c4c2c(c(=NCCCc2cn(CO[C@@H]5O[C@H](CO)[C@@H](O[C@@H]6O[C@H](CO)[C@H](O)[C@H](O)[C@H]6O)[C@H](O)[C@H]5O)nn2)cc-4c(=O)n(CCCN(C)C)c3=O)c1=O.O=C(O)C(F)(F)F.O=C(O)C(F)(F)F. The third-order valence-electron chi connectivity index (χ3n) is 12.4. The second kappa shape index (κ2) is 26.9. The molecule has 0 saturated carbocycles. The number of aromatic nitrogens is 5. The molecule has 10 atom stereocenters. The van der Waals surface area contributed by atoms with Crippen LogP contribution in [0.3, 0.4) is 0 Å². The van der Waals surface area contributed by atoms with E-state index < -0.39 is 116 Å². The molecule has 5 heterocycles. The van der Waals surface area contributed by atoms with Gasteiger partial charge in [0.15, 0.2) is 12.6 Å². The van der Waals surface area contributed by atoms with Crippen LogP contribution in [0, 0.1) is 0 Å². The Kier molecular flexibility index (Phi) is 21.7. The number of carbonyl (C=O) groups is 2. The van der Waals surface area contributed by atoms with Gasteiger partial charge in [-0.3, -0.25) is 28.5 Å². The Hall–Kier alpha value is -6.08. The van der Waals surface area contributed by atoms with Crippen molar-refractivity contribution in [3.05, 3.63) is 66.5 Å². The molecule has 7 rings (SSSR count). The first-order valence-electron chi connectivity index (χ1n) is 24.0. The molecule has 27 nitrogen and oxygen atoms in total. The summed E-state index contributed by atoms with van der Waals surface area (Å²) >= 11 is 0. The standard InChI is InChI=1S/C42H58N8O15.2C2HF3O2/c1-46(2)12-6-14-49-37(58)22-9-10-23-29-28(22)24(39(49)60)16-25(30(29)40(61)50(38(23)59)15-7-13-47(3)4)43-11-5-8-21-17-48(45-44-21)20-62-41-35(57)33(55)36(27(19-52)64-41)65-42-34(56)32(54)31(53)26(18-51)63-42;2*3-2(4,5)1(6)7/h9-10,16-17,26-27,31-36,41-42,51-57,59H,5-8,11-15,18-20H2,1-4H3;2*(H,6,7)/t26-,27-,31+,32+,33-,34-,35-,36-,41-,42+;;/m1../s1. The summed E-state index contributed by atoms with van der Waals surface area (Å²) in [6.07, 6.45) is -22.7. The van der Waals surface area contributed by atoms with E-state index in [0.717, 1.165) is 0 Å². The van der Waals surface area contributed by atoms with Gasteiger partial charge in [0.05, 0.1) is 41.4 Å². The van der Waals surface area contributed by atoms with Crippen molar-refractivity contribution in [1.82, 2.24) is 33.9 Å². The van der Waals surface area contributed by atoms with E-state index in [9.17, 15) is 81.6 Å². The van der Waals surface area contributed by atoms with E-state index >= 15 is 0 Å². The van der Waals surface area contributed by atoms with Gasteiger partial charge in [0.25, 0.3) is 16.7 Å². The molecule has 1 aliphatic carbocycles. The fraction of sp³-hybridized carbons (Fsp3) is 0.609. The van der Waals surface area contributed by atoms with Gasteiger partial charge in [-0.15, -0.1) is 5.10 Å². The zero-order chi connectivity index (χ0) is 59.0. The zero-order valence-electron chi connectivity index (χ0n) is 42.6. The lowest BCUT2D eigenvalue weighted by molar-refractivity contribution is -0.362. The lowest BCUT2D eigenvalue weighted by atomic mass is 9.90. The van der Waals surface area contributed by atoms with Gasteiger partial charge < -0.3 is 79.8 Å². The van der Waals surface area contributed by atoms with Gasteiger partial charge in [0, 0.05) is 41.4 Å². The first kappa shape index (κ1) is 63.7. The molecule has 79 heavy (non-hydrogen) atoms. The maximum atomic E-state index is 14.3. The molecule has 2 fully saturated rings. The number of aliphatic hydroxyl groups excluding tert-OH is 7. The number of rotatable bonds is 19. The Labute approximate surface area is 441 Å². The van der Waals surface area contributed by atoms with E-state index in [4.69, 9.17) is 43.7 Å². The Morgan fingerprint density at radius 2 is 1.27 bits per heavy atom. The molecule has 0 bridgehead atoms. The monoisotopic (exact) mass is 1140 g/mol. The molecule has 10 N–H and O–H groups in total. The summed E-state index contributed by atoms with van der Waals surface area (Å²) < 4.78 is 89.6. The van der Waals surface area contributed by atoms with Crippen LogP contribution in [0.2, 0.25) is 0 Å². The summed E-state index contributed by atoms with van der Waals surface area (Å²) in [6.45, 7) is 0.154. The number of hydrogen-bond acceptors (Lipinski definition) is 22. The number of aryl methyl sites for hydroxylation is 1. The van der Waals surface area contributed by atoms with Crippen molar-refractivity contribution in [3.8, 4) is 17.0 Å². The lowest BCUT2D eigenvalue weighted by Gasteiger charge is -2.45. The van der Waals surface area contributed by atoms with Gasteiger partial charge in [0.1, 0.15) is 55.6 Å². The van der Waals surface area contributed by atoms with Crippen molar-refractivity contribution < 1.29 is 106 Å². The number of aromatic hydroxyl groups is 1. The van der Waals surface area contributed by atoms with Gasteiger partial charge in [-0.05, 0) is 85.2 Å². The van der Waals surface area contributed by atoms with Gasteiger partial charge in [-0.25, -0.2) is 14.3 Å². The second-order valence-electron chi connectivity index (χ2n) is 18.7. The van der Waals surface area contributed by atoms with Crippen molar-refractivity contribution in [1.29, 1.82) is 0 Å². The number of alkyl halides is 6.